The van der Waals surface area contributed by atoms with Crippen molar-refractivity contribution in [3.8, 4) is 0 Å². The molecule has 3 heterocycles. The molecule has 2 atom stereocenters. The summed E-state index contributed by atoms with van der Waals surface area (Å²) in [4.78, 5) is 24.9. The summed E-state index contributed by atoms with van der Waals surface area (Å²) in [5, 5.41) is 18.4. The number of carbonyl (C=O) groups excluding carboxylic acids is 1. The lowest BCUT2D eigenvalue weighted by Gasteiger charge is -2.48. The van der Waals surface area contributed by atoms with Crippen molar-refractivity contribution in [2.45, 2.75) is 43.3 Å². The zero-order chi connectivity index (χ0) is 17.4. The number of nitrogens with zero attached hydrogens (tertiary/aromatic N) is 4. The van der Waals surface area contributed by atoms with E-state index < -0.39 is 12.0 Å². The van der Waals surface area contributed by atoms with Crippen LogP contribution in [-0.2, 0) is 22.6 Å². The Kier molecular flexibility index (Phi) is 4.88. The van der Waals surface area contributed by atoms with Crippen LogP contribution < -0.4 is 5.73 Å². The van der Waals surface area contributed by atoms with Gasteiger partial charge in [0.2, 0.25) is 5.91 Å². The zero-order valence-corrected chi connectivity index (χ0v) is 15.1. The molecule has 0 aromatic carbocycles. The second-order valence-electron chi connectivity index (χ2n) is 5.49. The standard InChI is InChI=1S/C14H19N5O3S2/c1-3-8-11(16-17-18(8)4-2)23-5-7-6-24-13-9(15)12(20)19(13)10(7)14(21)22/h9,13H,3-6,15H2,1-2H3,(H,21,22). The van der Waals surface area contributed by atoms with Gasteiger partial charge in [-0.25, -0.2) is 9.48 Å². The second-order valence-corrected chi connectivity index (χ2v) is 7.56. The van der Waals surface area contributed by atoms with E-state index in [9.17, 15) is 14.7 Å². The monoisotopic (exact) mass is 369 g/mol. The minimum atomic E-state index is -1.08. The average Bonchev–Trinajstić information content (AvgIpc) is 2.99. The number of aromatic nitrogens is 3. The maximum atomic E-state index is 11.9. The summed E-state index contributed by atoms with van der Waals surface area (Å²) in [5.41, 5.74) is 7.60. The number of carboxylic acids is 1. The molecule has 3 rings (SSSR count). The van der Waals surface area contributed by atoms with Crippen LogP contribution in [0, 0.1) is 0 Å². The van der Waals surface area contributed by atoms with Crippen molar-refractivity contribution in [3.63, 3.8) is 0 Å². The van der Waals surface area contributed by atoms with Crippen LogP contribution in [0.3, 0.4) is 0 Å². The SMILES string of the molecule is CCc1c(SCC2=C(C(=O)O)N3C(=O)C(N)C3SC2)nnn1CC. The molecule has 1 saturated heterocycles. The topological polar surface area (TPSA) is 114 Å². The molecule has 10 heteroatoms. The molecule has 1 amide bonds. The Morgan fingerprint density at radius 2 is 2.25 bits per heavy atom. The summed E-state index contributed by atoms with van der Waals surface area (Å²) in [6, 6.07) is -0.602. The quantitative estimate of drug-likeness (QED) is 0.551. The second kappa shape index (κ2) is 6.77. The largest absolute Gasteiger partial charge is 0.477 e. The minimum absolute atomic E-state index is 0.0823. The molecule has 2 aliphatic heterocycles. The molecule has 0 spiro atoms. The highest BCUT2D eigenvalue weighted by Crippen LogP contribution is 2.40. The van der Waals surface area contributed by atoms with Crippen LogP contribution in [0.2, 0.25) is 0 Å². The predicted molar refractivity (Wildman–Crippen MR) is 91.5 cm³/mol. The molecule has 0 saturated carbocycles. The number of amides is 1. The van der Waals surface area contributed by atoms with E-state index in [1.54, 1.807) is 0 Å². The summed E-state index contributed by atoms with van der Waals surface area (Å²) in [6.45, 7) is 4.79. The highest BCUT2D eigenvalue weighted by molar-refractivity contribution is 8.01. The van der Waals surface area contributed by atoms with Crippen LogP contribution >= 0.6 is 23.5 Å². The molecule has 3 N–H and O–H groups in total. The van der Waals surface area contributed by atoms with Crippen LogP contribution in [0.4, 0.5) is 0 Å². The molecule has 130 valence electrons. The Morgan fingerprint density at radius 3 is 2.88 bits per heavy atom. The smallest absolute Gasteiger partial charge is 0.352 e. The van der Waals surface area contributed by atoms with Crippen molar-refractivity contribution in [2.75, 3.05) is 11.5 Å². The van der Waals surface area contributed by atoms with Gasteiger partial charge >= 0.3 is 5.97 Å². The summed E-state index contributed by atoms with van der Waals surface area (Å²) < 4.78 is 1.85. The van der Waals surface area contributed by atoms with Crippen LogP contribution in [0.5, 0.6) is 0 Å². The number of hydrogen-bond donors (Lipinski definition) is 2. The Bertz CT molecular complexity index is 717. The number of β-lactam (4-membered cyclic amide) rings is 1. The van der Waals surface area contributed by atoms with Gasteiger partial charge in [0.05, 0.1) is 5.69 Å². The van der Waals surface area contributed by atoms with E-state index in [2.05, 4.69) is 10.3 Å². The normalized spacial score (nSPS) is 23.3. The number of carbonyl (C=O) groups is 2. The van der Waals surface area contributed by atoms with Crippen molar-refractivity contribution in [1.29, 1.82) is 0 Å². The lowest BCUT2D eigenvalue weighted by Crippen LogP contribution is -2.68. The molecule has 8 nitrogen and oxygen atoms in total. The van der Waals surface area contributed by atoms with Crippen LogP contribution in [0.15, 0.2) is 16.3 Å². The summed E-state index contributed by atoms with van der Waals surface area (Å²) in [6.07, 6.45) is 0.810. The highest BCUT2D eigenvalue weighted by Gasteiger charge is 2.51. The Balaban J connectivity index is 1.82. The first-order valence-electron chi connectivity index (χ1n) is 7.70. The van der Waals surface area contributed by atoms with Gasteiger partial charge in [-0.2, -0.15) is 0 Å². The van der Waals surface area contributed by atoms with Gasteiger partial charge in [0.25, 0.3) is 0 Å². The van der Waals surface area contributed by atoms with Gasteiger partial charge in [0.15, 0.2) is 0 Å². The average molecular weight is 369 g/mol. The highest BCUT2D eigenvalue weighted by atomic mass is 32.2. The third-order valence-corrected chi connectivity index (χ3v) is 6.55. The van der Waals surface area contributed by atoms with Crippen molar-refractivity contribution in [1.82, 2.24) is 19.9 Å². The lowest BCUT2D eigenvalue weighted by molar-refractivity contribution is -0.147. The fourth-order valence-corrected chi connectivity index (χ4v) is 5.35. The van der Waals surface area contributed by atoms with Crippen molar-refractivity contribution >= 4 is 35.4 Å². The van der Waals surface area contributed by atoms with E-state index in [1.165, 1.54) is 28.4 Å². The summed E-state index contributed by atoms with van der Waals surface area (Å²) in [7, 11) is 0. The maximum Gasteiger partial charge on any atom is 0.352 e. The molecule has 2 unspecified atom stereocenters. The van der Waals surface area contributed by atoms with Gasteiger partial charge in [0.1, 0.15) is 22.1 Å². The van der Waals surface area contributed by atoms with E-state index in [0.29, 0.717) is 11.5 Å². The molecule has 0 radical (unpaired) electrons. The fourth-order valence-electron chi connectivity index (χ4n) is 2.86. The van der Waals surface area contributed by atoms with Crippen molar-refractivity contribution in [3.05, 3.63) is 17.0 Å². The number of hydrogen-bond acceptors (Lipinski definition) is 7. The van der Waals surface area contributed by atoms with Crippen LogP contribution in [-0.4, -0.2) is 59.8 Å². The van der Waals surface area contributed by atoms with E-state index in [4.69, 9.17) is 5.73 Å². The Hall–Kier alpha value is -1.52. The molecule has 1 fully saturated rings. The summed E-state index contributed by atoms with van der Waals surface area (Å²) >= 11 is 2.98. The van der Waals surface area contributed by atoms with Crippen molar-refractivity contribution < 1.29 is 14.7 Å². The molecule has 1 aromatic heterocycles. The van der Waals surface area contributed by atoms with Crippen LogP contribution in [0.1, 0.15) is 19.5 Å². The Labute approximate surface area is 147 Å². The summed E-state index contributed by atoms with van der Waals surface area (Å²) in [5.74, 6) is -0.377. The molecule has 0 bridgehead atoms. The molecule has 2 aliphatic rings. The van der Waals surface area contributed by atoms with Gasteiger partial charge in [0, 0.05) is 18.1 Å². The minimum Gasteiger partial charge on any atom is -0.477 e. The predicted octanol–water partition coefficient (Wildman–Crippen LogP) is 0.534. The van der Waals surface area contributed by atoms with E-state index in [0.717, 1.165) is 29.3 Å². The molecule has 0 aliphatic carbocycles. The number of fused-ring (bicyclic) bond motifs is 1. The van der Waals surface area contributed by atoms with Crippen LogP contribution in [0.25, 0.3) is 0 Å². The zero-order valence-electron chi connectivity index (χ0n) is 13.4. The molecule has 1 aromatic rings. The molecular weight excluding hydrogens is 350 g/mol. The maximum absolute atomic E-state index is 11.9. The number of carboxylic acid groups (broad SMARTS) is 1. The number of rotatable bonds is 6. The Morgan fingerprint density at radius 1 is 1.50 bits per heavy atom. The number of aliphatic carboxylic acids is 1. The van der Waals surface area contributed by atoms with Gasteiger partial charge < -0.3 is 10.8 Å². The van der Waals surface area contributed by atoms with Gasteiger partial charge in [-0.1, -0.05) is 23.9 Å². The van der Waals surface area contributed by atoms with E-state index in [-0.39, 0.29) is 17.0 Å². The number of aryl methyl sites for hydroxylation is 1. The van der Waals surface area contributed by atoms with Crippen molar-refractivity contribution in [2.24, 2.45) is 5.73 Å². The lowest BCUT2D eigenvalue weighted by atomic mass is 10.0. The third-order valence-electron chi connectivity index (χ3n) is 4.11. The molecular formula is C14H19N5O3S2. The first-order valence-corrected chi connectivity index (χ1v) is 9.73. The fraction of sp³-hybridized carbons (Fsp3) is 0.571. The van der Waals surface area contributed by atoms with Gasteiger partial charge in [-0.05, 0) is 18.9 Å². The van der Waals surface area contributed by atoms with Gasteiger partial charge in [-0.3, -0.25) is 9.69 Å². The molecule has 24 heavy (non-hydrogen) atoms. The van der Waals surface area contributed by atoms with E-state index in [1.807, 2.05) is 18.5 Å². The first kappa shape index (κ1) is 17.3. The van der Waals surface area contributed by atoms with E-state index >= 15 is 0 Å². The number of thioether (sulfide) groups is 2. The number of nitrogens with two attached hydrogens (primary N) is 1. The van der Waals surface area contributed by atoms with Gasteiger partial charge in [-0.15, -0.1) is 16.9 Å². The first-order chi connectivity index (χ1) is 11.5. The third kappa shape index (κ3) is 2.72.